The molecule has 27 heavy (non-hydrogen) atoms. The van der Waals surface area contributed by atoms with E-state index in [-0.39, 0.29) is 16.7 Å². The molecule has 0 radical (unpaired) electrons. The van der Waals surface area contributed by atoms with Crippen molar-refractivity contribution < 1.29 is 18.7 Å². The third-order valence-corrected chi connectivity index (χ3v) is 5.76. The molecule has 1 heterocycles. The molecule has 0 aliphatic carbocycles. The third-order valence-electron chi connectivity index (χ3n) is 4.10. The largest absolute Gasteiger partial charge is 0.448 e. The maximum absolute atomic E-state index is 13.0. The molecule has 0 saturated heterocycles. The average Bonchev–Trinajstić information content (AvgIpc) is 2.99. The SMILES string of the molecule is C[C@H](OC(=O)c1sc2ccccc2c1Cl)C(=O)N[C@H](C)c1ccc(F)cc1. The normalized spacial score (nSPS) is 13.2. The Morgan fingerprint density at radius 2 is 1.78 bits per heavy atom. The number of hydrogen-bond acceptors (Lipinski definition) is 4. The highest BCUT2D eigenvalue weighted by molar-refractivity contribution is 7.21. The summed E-state index contributed by atoms with van der Waals surface area (Å²) < 4.78 is 19.2. The van der Waals surface area contributed by atoms with Gasteiger partial charge in [0, 0.05) is 10.1 Å². The van der Waals surface area contributed by atoms with E-state index in [1.165, 1.54) is 30.4 Å². The van der Waals surface area contributed by atoms with Gasteiger partial charge >= 0.3 is 5.97 Å². The topological polar surface area (TPSA) is 55.4 Å². The van der Waals surface area contributed by atoms with Crippen LogP contribution in [0.15, 0.2) is 48.5 Å². The molecule has 2 atom stereocenters. The summed E-state index contributed by atoms with van der Waals surface area (Å²) in [7, 11) is 0. The van der Waals surface area contributed by atoms with Crippen molar-refractivity contribution in [2.45, 2.75) is 26.0 Å². The quantitative estimate of drug-likeness (QED) is 0.599. The minimum Gasteiger partial charge on any atom is -0.448 e. The van der Waals surface area contributed by atoms with E-state index in [9.17, 15) is 14.0 Å². The van der Waals surface area contributed by atoms with Gasteiger partial charge in [0.25, 0.3) is 5.91 Å². The Bertz CT molecular complexity index is 987. The van der Waals surface area contributed by atoms with Crippen molar-refractivity contribution >= 4 is 44.9 Å². The number of esters is 1. The van der Waals surface area contributed by atoms with Crippen LogP contribution in [0.4, 0.5) is 4.39 Å². The number of halogens is 2. The lowest BCUT2D eigenvalue weighted by molar-refractivity contribution is -0.129. The second-order valence-corrected chi connectivity index (χ2v) is 7.50. The van der Waals surface area contributed by atoms with E-state index in [1.807, 2.05) is 24.3 Å². The first-order valence-corrected chi connectivity index (χ1v) is 9.50. The molecule has 0 aliphatic heterocycles. The molecule has 0 bridgehead atoms. The smallest absolute Gasteiger partial charge is 0.350 e. The summed E-state index contributed by atoms with van der Waals surface area (Å²) in [5.74, 6) is -1.43. The molecule has 4 nitrogen and oxygen atoms in total. The van der Waals surface area contributed by atoms with E-state index in [2.05, 4.69) is 5.32 Å². The Kier molecular flexibility index (Phi) is 5.77. The van der Waals surface area contributed by atoms with Crippen LogP contribution < -0.4 is 5.32 Å². The van der Waals surface area contributed by atoms with Crippen LogP contribution in [0.1, 0.15) is 35.1 Å². The lowest BCUT2D eigenvalue weighted by atomic mass is 10.1. The van der Waals surface area contributed by atoms with Crippen LogP contribution in [0.3, 0.4) is 0 Å². The average molecular weight is 406 g/mol. The highest BCUT2D eigenvalue weighted by Crippen LogP contribution is 2.35. The molecule has 7 heteroatoms. The van der Waals surface area contributed by atoms with Crippen LogP contribution in [-0.4, -0.2) is 18.0 Å². The highest BCUT2D eigenvalue weighted by atomic mass is 35.5. The fourth-order valence-corrected chi connectivity index (χ4v) is 3.97. The standard InChI is InChI=1S/C20H17ClFNO3S/c1-11(13-7-9-14(22)10-8-13)23-19(24)12(2)26-20(25)18-17(21)15-5-3-4-6-16(15)27-18/h3-12H,1-2H3,(H,23,24)/t11-,12+/m1/s1. The minimum atomic E-state index is -0.998. The third kappa shape index (κ3) is 4.28. The molecular formula is C20H17ClFNO3S. The van der Waals surface area contributed by atoms with Crippen LogP contribution in [0.25, 0.3) is 10.1 Å². The van der Waals surface area contributed by atoms with Gasteiger partial charge in [-0.3, -0.25) is 4.79 Å². The summed E-state index contributed by atoms with van der Waals surface area (Å²) in [6.07, 6.45) is -0.998. The predicted molar refractivity (Wildman–Crippen MR) is 105 cm³/mol. The zero-order valence-corrected chi connectivity index (χ0v) is 16.2. The molecule has 1 aromatic heterocycles. The molecule has 0 aliphatic rings. The van der Waals surface area contributed by atoms with Gasteiger partial charge in [0.05, 0.1) is 11.1 Å². The number of rotatable bonds is 5. The summed E-state index contributed by atoms with van der Waals surface area (Å²) in [4.78, 5) is 25.0. The number of nitrogens with one attached hydrogen (secondary N) is 1. The summed E-state index contributed by atoms with van der Waals surface area (Å²) in [6.45, 7) is 3.26. The van der Waals surface area contributed by atoms with Crippen molar-refractivity contribution in [2.24, 2.45) is 0 Å². The first kappa shape index (κ1) is 19.3. The lowest BCUT2D eigenvalue weighted by Gasteiger charge is -2.18. The minimum absolute atomic E-state index is 0.268. The summed E-state index contributed by atoms with van der Waals surface area (Å²) in [5, 5.41) is 3.85. The lowest BCUT2D eigenvalue weighted by Crippen LogP contribution is -2.37. The first-order chi connectivity index (χ1) is 12.9. The van der Waals surface area contributed by atoms with E-state index in [0.29, 0.717) is 5.02 Å². The number of hydrogen-bond donors (Lipinski definition) is 1. The van der Waals surface area contributed by atoms with Crippen molar-refractivity contribution in [3.63, 3.8) is 0 Å². The number of carbonyl (C=O) groups excluding carboxylic acids is 2. The maximum atomic E-state index is 13.0. The van der Waals surface area contributed by atoms with Crippen LogP contribution in [0, 0.1) is 5.82 Å². The van der Waals surface area contributed by atoms with Crippen molar-refractivity contribution in [3.05, 3.63) is 69.8 Å². The Labute approximate surface area is 164 Å². The van der Waals surface area contributed by atoms with Crippen molar-refractivity contribution in [3.8, 4) is 0 Å². The van der Waals surface area contributed by atoms with Gasteiger partial charge in [0.1, 0.15) is 10.7 Å². The number of ether oxygens (including phenoxy) is 1. The van der Waals surface area contributed by atoms with E-state index in [4.69, 9.17) is 16.3 Å². The maximum Gasteiger partial charge on any atom is 0.350 e. The van der Waals surface area contributed by atoms with Crippen LogP contribution in [0.2, 0.25) is 5.02 Å². The van der Waals surface area contributed by atoms with Crippen LogP contribution in [0.5, 0.6) is 0 Å². The second kappa shape index (κ2) is 8.06. The molecule has 0 saturated carbocycles. The van der Waals surface area contributed by atoms with Gasteiger partial charge < -0.3 is 10.1 Å². The fraction of sp³-hybridized carbons (Fsp3) is 0.200. The van der Waals surface area contributed by atoms with Crippen LogP contribution in [-0.2, 0) is 9.53 Å². The summed E-state index contributed by atoms with van der Waals surface area (Å²) in [6, 6.07) is 12.9. The second-order valence-electron chi connectivity index (χ2n) is 6.07. The van der Waals surface area contributed by atoms with E-state index >= 15 is 0 Å². The molecule has 0 spiro atoms. The molecule has 1 N–H and O–H groups in total. The Hall–Kier alpha value is -2.44. The fourth-order valence-electron chi connectivity index (χ4n) is 2.58. The van der Waals surface area contributed by atoms with Gasteiger partial charge in [0.2, 0.25) is 0 Å². The number of thiophene rings is 1. The van der Waals surface area contributed by atoms with Gasteiger partial charge in [-0.1, -0.05) is 41.9 Å². The van der Waals surface area contributed by atoms with Gasteiger partial charge in [0.15, 0.2) is 6.10 Å². The molecule has 3 rings (SSSR count). The Balaban J connectivity index is 1.65. The summed E-state index contributed by atoms with van der Waals surface area (Å²) in [5.41, 5.74) is 0.746. The van der Waals surface area contributed by atoms with Gasteiger partial charge in [-0.2, -0.15) is 0 Å². The first-order valence-electron chi connectivity index (χ1n) is 8.30. The van der Waals surface area contributed by atoms with E-state index < -0.39 is 18.0 Å². The number of amides is 1. The van der Waals surface area contributed by atoms with Crippen molar-refractivity contribution in [1.29, 1.82) is 0 Å². The molecule has 3 aromatic rings. The van der Waals surface area contributed by atoms with Crippen molar-refractivity contribution in [1.82, 2.24) is 5.32 Å². The van der Waals surface area contributed by atoms with Gasteiger partial charge in [-0.15, -0.1) is 11.3 Å². The molecular weight excluding hydrogens is 389 g/mol. The van der Waals surface area contributed by atoms with Gasteiger partial charge in [-0.05, 0) is 37.6 Å². The molecule has 1 amide bonds. The number of carbonyl (C=O) groups is 2. The molecule has 2 aromatic carbocycles. The number of fused-ring (bicyclic) bond motifs is 1. The zero-order chi connectivity index (χ0) is 19.6. The van der Waals surface area contributed by atoms with E-state index in [0.717, 1.165) is 15.6 Å². The van der Waals surface area contributed by atoms with Crippen LogP contribution >= 0.6 is 22.9 Å². The predicted octanol–water partition coefficient (Wildman–Crippen LogP) is 5.12. The molecule has 0 unspecified atom stereocenters. The highest BCUT2D eigenvalue weighted by Gasteiger charge is 2.24. The monoisotopic (exact) mass is 405 g/mol. The Morgan fingerprint density at radius 1 is 1.11 bits per heavy atom. The summed E-state index contributed by atoms with van der Waals surface area (Å²) >= 11 is 7.49. The number of benzene rings is 2. The molecule has 0 fully saturated rings. The zero-order valence-electron chi connectivity index (χ0n) is 14.7. The molecule has 140 valence electrons. The van der Waals surface area contributed by atoms with Gasteiger partial charge in [-0.25, -0.2) is 9.18 Å². The van der Waals surface area contributed by atoms with Crippen molar-refractivity contribution in [2.75, 3.05) is 0 Å². The van der Waals surface area contributed by atoms with E-state index in [1.54, 1.807) is 19.1 Å². The Morgan fingerprint density at radius 3 is 2.44 bits per heavy atom.